The van der Waals surface area contributed by atoms with Crippen LogP contribution in [0, 0.1) is 10.1 Å². The molecule has 0 heterocycles. The van der Waals surface area contributed by atoms with Gasteiger partial charge in [0.15, 0.2) is 5.11 Å². The van der Waals surface area contributed by atoms with Crippen molar-refractivity contribution in [3.05, 3.63) is 64.2 Å². The molecule has 5 nitrogen and oxygen atoms in total. The zero-order valence-electron chi connectivity index (χ0n) is 11.5. The Balaban J connectivity index is 1.99. The maximum atomic E-state index is 10.6. The average Bonchev–Trinajstić information content (AvgIpc) is 2.47. The van der Waals surface area contributed by atoms with Crippen LogP contribution in [-0.4, -0.2) is 10.0 Å². The van der Waals surface area contributed by atoms with Gasteiger partial charge >= 0.3 is 0 Å². The first-order chi connectivity index (χ1) is 10.1. The predicted molar refractivity (Wildman–Crippen MR) is 88.8 cm³/mol. The van der Waals surface area contributed by atoms with E-state index in [1.165, 1.54) is 17.7 Å². The topological polar surface area (TPSA) is 67.2 Å². The molecule has 0 bridgehead atoms. The molecule has 0 fully saturated rings. The molecule has 0 saturated heterocycles. The Bertz CT molecular complexity index is 656. The molecule has 0 saturated carbocycles. The number of anilines is 2. The number of nitrogens with one attached hydrogen (secondary N) is 2. The first kappa shape index (κ1) is 14.9. The molecule has 2 N–H and O–H groups in total. The molecule has 2 aromatic rings. The van der Waals surface area contributed by atoms with Crippen LogP contribution in [0.5, 0.6) is 0 Å². The van der Waals surface area contributed by atoms with Gasteiger partial charge in [0.1, 0.15) is 0 Å². The van der Waals surface area contributed by atoms with E-state index in [1.807, 2.05) is 18.2 Å². The van der Waals surface area contributed by atoms with Gasteiger partial charge in [-0.25, -0.2) is 0 Å². The van der Waals surface area contributed by atoms with E-state index in [9.17, 15) is 10.1 Å². The number of nitro groups is 1. The van der Waals surface area contributed by atoms with E-state index in [0.717, 1.165) is 12.1 Å². The van der Waals surface area contributed by atoms with E-state index in [-0.39, 0.29) is 5.69 Å². The minimum absolute atomic E-state index is 0.0510. The molecule has 6 heteroatoms. The maximum absolute atomic E-state index is 10.6. The van der Waals surface area contributed by atoms with Crippen LogP contribution in [0.25, 0.3) is 0 Å². The van der Waals surface area contributed by atoms with Crippen LogP contribution in [0.2, 0.25) is 0 Å². The molecule has 0 aromatic heterocycles. The zero-order valence-corrected chi connectivity index (χ0v) is 12.3. The Morgan fingerprint density at radius 2 is 1.81 bits per heavy atom. The fourth-order valence-electron chi connectivity index (χ4n) is 1.83. The van der Waals surface area contributed by atoms with Gasteiger partial charge in [0.2, 0.25) is 0 Å². The third-order valence-corrected chi connectivity index (χ3v) is 3.13. The van der Waals surface area contributed by atoms with Gasteiger partial charge in [0.05, 0.1) is 4.92 Å². The van der Waals surface area contributed by atoms with Gasteiger partial charge in [-0.15, -0.1) is 0 Å². The van der Waals surface area contributed by atoms with Gasteiger partial charge in [-0.2, -0.15) is 0 Å². The fourth-order valence-corrected chi connectivity index (χ4v) is 2.06. The number of non-ortho nitro benzene ring substituents is 1. The molecule has 2 rings (SSSR count). The molecule has 108 valence electrons. The van der Waals surface area contributed by atoms with E-state index in [2.05, 4.69) is 23.6 Å². The Labute approximate surface area is 128 Å². The molecule has 0 aliphatic rings. The molecule has 0 unspecified atom stereocenters. The lowest BCUT2D eigenvalue weighted by atomic mass is 10.1. The summed E-state index contributed by atoms with van der Waals surface area (Å²) in [6, 6.07) is 14.1. The molecule has 0 radical (unpaired) electrons. The van der Waals surface area contributed by atoms with E-state index < -0.39 is 4.92 Å². The number of hydrogen-bond acceptors (Lipinski definition) is 3. The summed E-state index contributed by atoms with van der Waals surface area (Å²) in [5.41, 5.74) is 2.88. The molecule has 0 amide bonds. The fraction of sp³-hybridized carbons (Fsp3) is 0.133. The first-order valence-electron chi connectivity index (χ1n) is 6.50. The lowest BCUT2D eigenvalue weighted by molar-refractivity contribution is -0.384. The summed E-state index contributed by atoms with van der Waals surface area (Å²) in [5, 5.41) is 17.1. The van der Waals surface area contributed by atoms with Crippen molar-refractivity contribution in [1.29, 1.82) is 0 Å². The van der Waals surface area contributed by atoms with Crippen LogP contribution in [0.1, 0.15) is 12.5 Å². The van der Waals surface area contributed by atoms with Crippen molar-refractivity contribution in [2.24, 2.45) is 0 Å². The van der Waals surface area contributed by atoms with Gasteiger partial charge in [-0.05, 0) is 48.5 Å². The Kier molecular flexibility index (Phi) is 4.84. The third kappa shape index (κ3) is 4.25. The SMILES string of the molecule is CCc1cccc(NC(=S)Nc2ccc([N+](=O)[O-])cc2)c1. The number of nitro benzene ring substituents is 1. The minimum Gasteiger partial charge on any atom is -0.332 e. The van der Waals surface area contributed by atoms with Gasteiger partial charge in [-0.3, -0.25) is 10.1 Å². The summed E-state index contributed by atoms with van der Waals surface area (Å²) in [5.74, 6) is 0. The number of benzene rings is 2. The smallest absolute Gasteiger partial charge is 0.269 e. The monoisotopic (exact) mass is 301 g/mol. The number of nitrogens with zero attached hydrogens (tertiary/aromatic N) is 1. The van der Waals surface area contributed by atoms with Crippen LogP contribution in [0.4, 0.5) is 17.1 Å². The highest BCUT2D eigenvalue weighted by molar-refractivity contribution is 7.80. The second-order valence-electron chi connectivity index (χ2n) is 4.44. The number of hydrogen-bond donors (Lipinski definition) is 2. The molecule has 2 aromatic carbocycles. The van der Waals surface area contributed by atoms with Crippen molar-refractivity contribution in [3.63, 3.8) is 0 Å². The lowest BCUT2D eigenvalue weighted by Crippen LogP contribution is -2.19. The predicted octanol–water partition coefficient (Wildman–Crippen LogP) is 3.97. The van der Waals surface area contributed by atoms with Crippen LogP contribution in [0.3, 0.4) is 0 Å². The number of aryl methyl sites for hydroxylation is 1. The first-order valence-corrected chi connectivity index (χ1v) is 6.90. The second kappa shape index (κ2) is 6.81. The molecule has 0 atom stereocenters. The van der Waals surface area contributed by atoms with E-state index in [0.29, 0.717) is 10.8 Å². The number of thiocarbonyl (C=S) groups is 1. The standard InChI is InChI=1S/C15H15N3O2S/c1-2-11-4-3-5-13(10-11)17-15(21)16-12-6-8-14(9-7-12)18(19)20/h3-10H,2H2,1H3,(H2,16,17,21). The molecule has 0 aliphatic heterocycles. The van der Waals surface area contributed by atoms with Crippen molar-refractivity contribution < 1.29 is 4.92 Å². The van der Waals surface area contributed by atoms with Crippen molar-refractivity contribution in [2.45, 2.75) is 13.3 Å². The summed E-state index contributed by atoms with van der Waals surface area (Å²) in [6.45, 7) is 2.09. The van der Waals surface area contributed by atoms with Crippen molar-refractivity contribution in [3.8, 4) is 0 Å². The van der Waals surface area contributed by atoms with Crippen molar-refractivity contribution >= 4 is 34.4 Å². The summed E-state index contributed by atoms with van der Waals surface area (Å²) < 4.78 is 0. The van der Waals surface area contributed by atoms with E-state index in [4.69, 9.17) is 12.2 Å². The number of rotatable bonds is 4. The highest BCUT2D eigenvalue weighted by Gasteiger charge is 2.05. The summed E-state index contributed by atoms with van der Waals surface area (Å²) >= 11 is 5.23. The Hall–Kier alpha value is -2.47. The highest BCUT2D eigenvalue weighted by Crippen LogP contribution is 2.16. The molecule has 0 aliphatic carbocycles. The van der Waals surface area contributed by atoms with E-state index >= 15 is 0 Å². The van der Waals surface area contributed by atoms with E-state index in [1.54, 1.807) is 12.1 Å². The normalized spacial score (nSPS) is 9.95. The quantitative estimate of drug-likeness (QED) is 0.508. The second-order valence-corrected chi connectivity index (χ2v) is 4.85. The Morgan fingerprint density at radius 3 is 2.43 bits per heavy atom. The molecule has 21 heavy (non-hydrogen) atoms. The van der Waals surface area contributed by atoms with Gasteiger partial charge < -0.3 is 10.6 Å². The highest BCUT2D eigenvalue weighted by atomic mass is 32.1. The van der Waals surface area contributed by atoms with Gasteiger partial charge in [0.25, 0.3) is 5.69 Å². The minimum atomic E-state index is -0.434. The van der Waals surface area contributed by atoms with Crippen molar-refractivity contribution in [2.75, 3.05) is 10.6 Å². The Morgan fingerprint density at radius 1 is 1.14 bits per heavy atom. The van der Waals surface area contributed by atoms with Crippen LogP contribution in [0.15, 0.2) is 48.5 Å². The molecular weight excluding hydrogens is 286 g/mol. The lowest BCUT2D eigenvalue weighted by Gasteiger charge is -2.11. The third-order valence-electron chi connectivity index (χ3n) is 2.93. The summed E-state index contributed by atoms with van der Waals surface area (Å²) in [6.07, 6.45) is 0.956. The van der Waals surface area contributed by atoms with Crippen LogP contribution in [-0.2, 0) is 6.42 Å². The van der Waals surface area contributed by atoms with Crippen LogP contribution >= 0.6 is 12.2 Å². The molecule has 0 spiro atoms. The van der Waals surface area contributed by atoms with Gasteiger partial charge in [0, 0.05) is 23.5 Å². The average molecular weight is 301 g/mol. The van der Waals surface area contributed by atoms with Gasteiger partial charge in [-0.1, -0.05) is 19.1 Å². The molecular formula is C15H15N3O2S. The summed E-state index contributed by atoms with van der Waals surface area (Å²) in [4.78, 5) is 10.1. The van der Waals surface area contributed by atoms with Crippen LogP contribution < -0.4 is 10.6 Å². The zero-order chi connectivity index (χ0) is 15.2. The largest absolute Gasteiger partial charge is 0.332 e. The van der Waals surface area contributed by atoms with Crippen molar-refractivity contribution in [1.82, 2.24) is 0 Å². The maximum Gasteiger partial charge on any atom is 0.269 e. The summed E-state index contributed by atoms with van der Waals surface area (Å²) in [7, 11) is 0.